The van der Waals surface area contributed by atoms with E-state index in [0.717, 1.165) is 51.1 Å². The van der Waals surface area contributed by atoms with Gasteiger partial charge in [-0.3, -0.25) is 14.7 Å². The fourth-order valence-electron chi connectivity index (χ4n) is 4.01. The van der Waals surface area contributed by atoms with Crippen LogP contribution in [0.15, 0.2) is 42.7 Å². The first-order valence-corrected chi connectivity index (χ1v) is 9.32. The number of aromatic nitrogens is 1. The molecule has 25 heavy (non-hydrogen) atoms. The Morgan fingerprint density at radius 1 is 0.960 bits per heavy atom. The molecule has 0 atom stereocenters. The van der Waals surface area contributed by atoms with Crippen LogP contribution in [-0.2, 0) is 19.4 Å². The molecule has 2 aliphatic rings. The van der Waals surface area contributed by atoms with Gasteiger partial charge in [-0.25, -0.2) is 0 Å². The predicted octanol–water partition coefficient (Wildman–Crippen LogP) is 2.92. The zero-order chi connectivity index (χ0) is 17.1. The minimum Gasteiger partial charge on any atom is -0.336 e. The summed E-state index contributed by atoms with van der Waals surface area (Å²) >= 11 is 0. The number of hydrogen-bond donors (Lipinski definition) is 0. The van der Waals surface area contributed by atoms with Gasteiger partial charge in [-0.2, -0.15) is 0 Å². The molecule has 1 aliphatic heterocycles. The Labute approximate surface area is 149 Å². The van der Waals surface area contributed by atoms with E-state index in [1.807, 2.05) is 23.4 Å². The largest absolute Gasteiger partial charge is 0.336 e. The Morgan fingerprint density at radius 2 is 1.72 bits per heavy atom. The van der Waals surface area contributed by atoms with Gasteiger partial charge in [0.05, 0.1) is 0 Å². The second kappa shape index (κ2) is 7.36. The molecule has 130 valence electrons. The minimum atomic E-state index is 0.224. The number of benzene rings is 1. The molecular formula is C21H25N3O. The number of fused-ring (bicyclic) bond motifs is 1. The van der Waals surface area contributed by atoms with Crippen molar-refractivity contribution >= 4 is 5.91 Å². The lowest BCUT2D eigenvalue weighted by Gasteiger charge is -2.35. The van der Waals surface area contributed by atoms with Crippen molar-refractivity contribution in [3.8, 4) is 0 Å². The van der Waals surface area contributed by atoms with Crippen molar-refractivity contribution < 1.29 is 4.79 Å². The number of piperazine rings is 1. The number of amides is 1. The van der Waals surface area contributed by atoms with E-state index in [4.69, 9.17) is 0 Å². The molecule has 4 heteroatoms. The first-order valence-electron chi connectivity index (χ1n) is 9.32. The first-order chi connectivity index (χ1) is 12.3. The van der Waals surface area contributed by atoms with E-state index in [1.54, 1.807) is 0 Å². The number of nitrogens with zero attached hydrogens (tertiary/aromatic N) is 3. The fourth-order valence-corrected chi connectivity index (χ4v) is 4.01. The minimum absolute atomic E-state index is 0.224. The molecular weight excluding hydrogens is 310 g/mol. The second-order valence-corrected chi connectivity index (χ2v) is 7.07. The number of aryl methyl sites for hydroxylation is 1. The third kappa shape index (κ3) is 3.59. The van der Waals surface area contributed by atoms with Gasteiger partial charge >= 0.3 is 0 Å². The summed E-state index contributed by atoms with van der Waals surface area (Å²) in [6.07, 6.45) is 8.31. The van der Waals surface area contributed by atoms with Crippen molar-refractivity contribution in [2.24, 2.45) is 0 Å². The van der Waals surface area contributed by atoms with Gasteiger partial charge in [0.2, 0.25) is 0 Å². The van der Waals surface area contributed by atoms with Gasteiger partial charge in [-0.1, -0.05) is 12.1 Å². The van der Waals surface area contributed by atoms with E-state index in [-0.39, 0.29) is 5.91 Å². The molecule has 0 radical (unpaired) electrons. The number of carbonyl (C=O) groups is 1. The van der Waals surface area contributed by atoms with E-state index in [1.165, 1.54) is 29.5 Å². The van der Waals surface area contributed by atoms with Gasteiger partial charge in [0, 0.05) is 50.7 Å². The summed E-state index contributed by atoms with van der Waals surface area (Å²) in [7, 11) is 0. The van der Waals surface area contributed by atoms with Crippen molar-refractivity contribution in [1.29, 1.82) is 0 Å². The normalized spacial score (nSPS) is 18.0. The molecule has 0 N–H and O–H groups in total. The average Bonchev–Trinajstić information content (AvgIpc) is 2.68. The summed E-state index contributed by atoms with van der Waals surface area (Å²) in [5, 5.41) is 0. The van der Waals surface area contributed by atoms with Crippen molar-refractivity contribution in [1.82, 2.24) is 14.8 Å². The third-order valence-corrected chi connectivity index (χ3v) is 5.44. The third-order valence-electron chi connectivity index (χ3n) is 5.44. The highest BCUT2D eigenvalue weighted by molar-refractivity contribution is 5.96. The highest BCUT2D eigenvalue weighted by Gasteiger charge is 2.25. The Bertz CT molecular complexity index is 736. The van der Waals surface area contributed by atoms with Crippen LogP contribution in [0.5, 0.6) is 0 Å². The maximum atomic E-state index is 13.0. The van der Waals surface area contributed by atoms with Crippen LogP contribution in [0.1, 0.15) is 39.9 Å². The van der Waals surface area contributed by atoms with Crippen LogP contribution in [0.4, 0.5) is 0 Å². The molecule has 4 nitrogen and oxygen atoms in total. The van der Waals surface area contributed by atoms with E-state index in [0.29, 0.717) is 0 Å². The molecule has 1 amide bonds. The lowest BCUT2D eigenvalue weighted by molar-refractivity contribution is 0.0627. The van der Waals surface area contributed by atoms with Crippen LogP contribution >= 0.6 is 0 Å². The molecule has 2 heterocycles. The van der Waals surface area contributed by atoms with Gasteiger partial charge < -0.3 is 4.90 Å². The van der Waals surface area contributed by atoms with Gasteiger partial charge in [-0.15, -0.1) is 0 Å². The number of hydrogen-bond acceptors (Lipinski definition) is 3. The zero-order valence-electron chi connectivity index (χ0n) is 14.7. The standard InChI is InChI=1S/C21H25N3O/c25-21(20-7-3-5-18-4-1-2-6-19(18)20)24-14-12-23(13-15-24)16-17-8-10-22-11-9-17/h3,5,7-11H,1-2,4,6,12-16H2. The molecule has 1 aliphatic carbocycles. The summed E-state index contributed by atoms with van der Waals surface area (Å²) in [6, 6.07) is 10.4. The van der Waals surface area contributed by atoms with Crippen molar-refractivity contribution in [3.05, 3.63) is 65.0 Å². The summed E-state index contributed by atoms with van der Waals surface area (Å²) in [5.41, 5.74) is 4.91. The van der Waals surface area contributed by atoms with Crippen molar-refractivity contribution in [2.45, 2.75) is 32.2 Å². The maximum Gasteiger partial charge on any atom is 0.254 e. The van der Waals surface area contributed by atoms with Crippen LogP contribution in [0.2, 0.25) is 0 Å². The van der Waals surface area contributed by atoms with E-state index in [9.17, 15) is 4.79 Å². The van der Waals surface area contributed by atoms with Gasteiger partial charge in [0.15, 0.2) is 0 Å². The monoisotopic (exact) mass is 335 g/mol. The molecule has 1 aromatic carbocycles. The Morgan fingerprint density at radius 3 is 2.52 bits per heavy atom. The first kappa shape index (κ1) is 16.3. The summed E-state index contributed by atoms with van der Waals surface area (Å²) in [6.45, 7) is 4.43. The van der Waals surface area contributed by atoms with Crippen LogP contribution in [0, 0.1) is 0 Å². The van der Waals surface area contributed by atoms with E-state index < -0.39 is 0 Å². The molecule has 1 aromatic heterocycles. The summed E-state index contributed by atoms with van der Waals surface area (Å²) in [5.74, 6) is 0.224. The van der Waals surface area contributed by atoms with Crippen LogP contribution in [-0.4, -0.2) is 46.9 Å². The zero-order valence-corrected chi connectivity index (χ0v) is 14.7. The Balaban J connectivity index is 1.40. The average molecular weight is 335 g/mol. The van der Waals surface area contributed by atoms with Crippen LogP contribution in [0.25, 0.3) is 0 Å². The summed E-state index contributed by atoms with van der Waals surface area (Å²) in [4.78, 5) is 21.6. The number of carbonyl (C=O) groups excluding carboxylic acids is 1. The molecule has 0 saturated carbocycles. The fraction of sp³-hybridized carbons (Fsp3) is 0.429. The molecule has 2 aromatic rings. The molecule has 4 rings (SSSR count). The maximum absolute atomic E-state index is 13.0. The van der Waals surface area contributed by atoms with Gasteiger partial charge in [-0.05, 0) is 60.6 Å². The highest BCUT2D eigenvalue weighted by atomic mass is 16.2. The predicted molar refractivity (Wildman–Crippen MR) is 98.5 cm³/mol. The van der Waals surface area contributed by atoms with Crippen molar-refractivity contribution in [2.75, 3.05) is 26.2 Å². The van der Waals surface area contributed by atoms with E-state index >= 15 is 0 Å². The molecule has 1 saturated heterocycles. The lowest BCUT2D eigenvalue weighted by atomic mass is 9.88. The molecule has 0 spiro atoms. The quantitative estimate of drug-likeness (QED) is 0.865. The lowest BCUT2D eigenvalue weighted by Crippen LogP contribution is -2.48. The topological polar surface area (TPSA) is 36.4 Å². The second-order valence-electron chi connectivity index (χ2n) is 7.07. The molecule has 0 bridgehead atoms. The molecule has 1 fully saturated rings. The smallest absolute Gasteiger partial charge is 0.254 e. The van der Waals surface area contributed by atoms with E-state index in [2.05, 4.69) is 34.1 Å². The summed E-state index contributed by atoms with van der Waals surface area (Å²) < 4.78 is 0. The Kier molecular flexibility index (Phi) is 4.79. The Hall–Kier alpha value is -2.20. The number of pyridine rings is 1. The van der Waals surface area contributed by atoms with Crippen LogP contribution in [0.3, 0.4) is 0 Å². The van der Waals surface area contributed by atoms with Crippen LogP contribution < -0.4 is 0 Å². The highest BCUT2D eigenvalue weighted by Crippen LogP contribution is 2.25. The van der Waals surface area contributed by atoms with Gasteiger partial charge in [0.25, 0.3) is 5.91 Å². The molecule has 0 unspecified atom stereocenters. The number of rotatable bonds is 3. The SMILES string of the molecule is O=C(c1cccc2c1CCCC2)N1CCN(Cc2ccncc2)CC1. The van der Waals surface area contributed by atoms with Crippen molar-refractivity contribution in [3.63, 3.8) is 0 Å². The van der Waals surface area contributed by atoms with Gasteiger partial charge in [0.1, 0.15) is 0 Å².